The number of allylic oxidation sites excluding steroid dienone is 1. The summed E-state index contributed by atoms with van der Waals surface area (Å²) < 4.78 is 12.1. The molecule has 0 aliphatic rings. The van der Waals surface area contributed by atoms with E-state index in [1.54, 1.807) is 12.1 Å². The fourth-order valence-corrected chi connectivity index (χ4v) is 2.49. The highest BCUT2D eigenvalue weighted by atomic mass is 79.9. The Morgan fingerprint density at radius 2 is 2.24 bits per heavy atom. The molecular formula is C15H20BrNO4. The number of pyridine rings is 1. The molecule has 21 heavy (non-hydrogen) atoms. The zero-order valence-corrected chi connectivity index (χ0v) is 13.9. The quantitative estimate of drug-likeness (QED) is 0.310. The molecule has 0 aromatic carbocycles. The van der Waals surface area contributed by atoms with E-state index in [4.69, 9.17) is 9.47 Å². The number of halogens is 1. The van der Waals surface area contributed by atoms with Crippen LogP contribution >= 0.6 is 15.9 Å². The first-order valence-electron chi connectivity index (χ1n) is 6.78. The van der Waals surface area contributed by atoms with Crippen molar-refractivity contribution in [3.63, 3.8) is 0 Å². The Morgan fingerprint density at radius 1 is 1.52 bits per heavy atom. The number of hydrogen-bond acceptors (Lipinski definition) is 4. The summed E-state index contributed by atoms with van der Waals surface area (Å²) in [6, 6.07) is 2.31. The van der Waals surface area contributed by atoms with Crippen LogP contribution in [0, 0.1) is 0 Å². The van der Waals surface area contributed by atoms with E-state index in [0.29, 0.717) is 23.4 Å². The van der Waals surface area contributed by atoms with E-state index in [0.717, 1.165) is 12.8 Å². The van der Waals surface area contributed by atoms with Crippen molar-refractivity contribution in [1.82, 2.24) is 4.57 Å². The monoisotopic (exact) mass is 357 g/mol. The van der Waals surface area contributed by atoms with Crippen LogP contribution in [0.15, 0.2) is 34.2 Å². The van der Waals surface area contributed by atoms with Crippen LogP contribution in [0.2, 0.25) is 0 Å². The SMILES string of the molecule is C=CCC(C(=O)OC)n1c(Br)cc(OCCCC)cc1=O. The second-order valence-corrected chi connectivity index (χ2v) is 5.30. The molecule has 6 heteroatoms. The zero-order chi connectivity index (χ0) is 15.8. The normalized spacial score (nSPS) is 11.8. The van der Waals surface area contributed by atoms with Gasteiger partial charge in [0.15, 0.2) is 0 Å². The number of aromatic nitrogens is 1. The number of carbonyl (C=O) groups is 1. The van der Waals surface area contributed by atoms with Crippen molar-refractivity contribution in [3.8, 4) is 5.75 Å². The van der Waals surface area contributed by atoms with Crippen molar-refractivity contribution in [3.05, 3.63) is 39.7 Å². The van der Waals surface area contributed by atoms with Crippen LogP contribution < -0.4 is 10.3 Å². The molecule has 0 spiro atoms. The summed E-state index contributed by atoms with van der Waals surface area (Å²) >= 11 is 3.32. The maximum atomic E-state index is 12.2. The molecule has 1 aromatic heterocycles. The number of carbonyl (C=O) groups excluding carboxylic acids is 1. The van der Waals surface area contributed by atoms with Crippen molar-refractivity contribution in [2.45, 2.75) is 32.2 Å². The molecule has 0 N–H and O–H groups in total. The van der Waals surface area contributed by atoms with Crippen LogP contribution in [0.4, 0.5) is 0 Å². The second kappa shape index (κ2) is 8.67. The Kier molecular flexibility index (Phi) is 7.22. The lowest BCUT2D eigenvalue weighted by atomic mass is 10.2. The Hall–Kier alpha value is -1.56. The van der Waals surface area contributed by atoms with Gasteiger partial charge in [-0.1, -0.05) is 19.4 Å². The van der Waals surface area contributed by atoms with Gasteiger partial charge < -0.3 is 9.47 Å². The number of rotatable bonds is 8. The molecule has 0 aliphatic heterocycles. The topological polar surface area (TPSA) is 57.5 Å². The highest BCUT2D eigenvalue weighted by molar-refractivity contribution is 9.10. The fourth-order valence-electron chi connectivity index (χ4n) is 1.85. The Labute approximate surface area is 132 Å². The first-order chi connectivity index (χ1) is 10.0. The molecule has 1 aromatic rings. The van der Waals surface area contributed by atoms with E-state index < -0.39 is 12.0 Å². The van der Waals surface area contributed by atoms with Crippen LogP contribution in [0.25, 0.3) is 0 Å². The molecule has 1 unspecified atom stereocenters. The van der Waals surface area contributed by atoms with Gasteiger partial charge in [0.25, 0.3) is 5.56 Å². The zero-order valence-electron chi connectivity index (χ0n) is 12.3. The van der Waals surface area contributed by atoms with Gasteiger partial charge in [-0.15, -0.1) is 6.58 Å². The summed E-state index contributed by atoms with van der Waals surface area (Å²) in [5.41, 5.74) is -0.326. The van der Waals surface area contributed by atoms with Crippen molar-refractivity contribution >= 4 is 21.9 Å². The van der Waals surface area contributed by atoms with Crippen LogP contribution in [0.3, 0.4) is 0 Å². The van der Waals surface area contributed by atoms with E-state index in [2.05, 4.69) is 29.4 Å². The number of methoxy groups -OCH3 is 1. The predicted molar refractivity (Wildman–Crippen MR) is 84.7 cm³/mol. The van der Waals surface area contributed by atoms with Crippen LogP contribution in [0.1, 0.15) is 32.2 Å². The molecule has 116 valence electrons. The third kappa shape index (κ3) is 4.74. The average Bonchev–Trinajstić information content (AvgIpc) is 2.45. The standard InChI is InChI=1S/C15H20BrNO4/c1-4-6-8-21-11-9-13(16)17(14(18)10-11)12(7-5-2)15(19)20-3/h5,9-10,12H,2,4,6-8H2,1,3H3. The summed E-state index contributed by atoms with van der Waals surface area (Å²) in [5.74, 6) is -0.00357. The molecule has 0 saturated carbocycles. The van der Waals surface area contributed by atoms with E-state index in [1.807, 2.05) is 0 Å². The van der Waals surface area contributed by atoms with Crippen molar-refractivity contribution in [2.75, 3.05) is 13.7 Å². The van der Waals surface area contributed by atoms with Gasteiger partial charge in [-0.25, -0.2) is 4.79 Å². The second-order valence-electron chi connectivity index (χ2n) is 4.49. The smallest absolute Gasteiger partial charge is 0.329 e. The average molecular weight is 358 g/mol. The Bertz CT molecular complexity index is 553. The lowest BCUT2D eigenvalue weighted by molar-refractivity contribution is -0.144. The molecule has 5 nitrogen and oxygen atoms in total. The van der Waals surface area contributed by atoms with Crippen LogP contribution in [-0.2, 0) is 9.53 Å². The molecule has 0 amide bonds. The van der Waals surface area contributed by atoms with Gasteiger partial charge in [0.1, 0.15) is 11.8 Å². The summed E-state index contributed by atoms with van der Waals surface area (Å²) in [6.45, 7) is 6.22. The summed E-state index contributed by atoms with van der Waals surface area (Å²) in [7, 11) is 1.29. The minimum atomic E-state index is -0.737. The summed E-state index contributed by atoms with van der Waals surface area (Å²) in [6.07, 6.45) is 3.82. The number of unbranched alkanes of at least 4 members (excludes halogenated alkanes) is 1. The maximum Gasteiger partial charge on any atom is 0.329 e. The van der Waals surface area contributed by atoms with Crippen molar-refractivity contribution in [1.29, 1.82) is 0 Å². The third-order valence-corrected chi connectivity index (χ3v) is 3.55. The number of nitrogens with zero attached hydrogens (tertiary/aromatic N) is 1. The van der Waals surface area contributed by atoms with Gasteiger partial charge in [0, 0.05) is 12.1 Å². The lowest BCUT2D eigenvalue weighted by Crippen LogP contribution is -2.30. The number of hydrogen-bond donors (Lipinski definition) is 0. The molecular weight excluding hydrogens is 338 g/mol. The van der Waals surface area contributed by atoms with Crippen molar-refractivity contribution in [2.24, 2.45) is 0 Å². The van der Waals surface area contributed by atoms with Crippen LogP contribution in [-0.4, -0.2) is 24.3 Å². The van der Waals surface area contributed by atoms with Crippen LogP contribution in [0.5, 0.6) is 5.75 Å². The molecule has 0 radical (unpaired) electrons. The molecule has 0 saturated heterocycles. The first kappa shape index (κ1) is 17.5. The fraction of sp³-hybridized carbons (Fsp3) is 0.467. The van der Waals surface area contributed by atoms with Gasteiger partial charge in [-0.2, -0.15) is 0 Å². The highest BCUT2D eigenvalue weighted by Gasteiger charge is 2.23. The summed E-state index contributed by atoms with van der Waals surface area (Å²) in [5, 5.41) is 0. The van der Waals surface area contributed by atoms with Crippen molar-refractivity contribution < 1.29 is 14.3 Å². The lowest BCUT2D eigenvalue weighted by Gasteiger charge is -2.18. The largest absolute Gasteiger partial charge is 0.493 e. The van der Waals surface area contributed by atoms with Gasteiger partial charge in [0.2, 0.25) is 0 Å². The molecule has 0 bridgehead atoms. The van der Waals surface area contributed by atoms with Gasteiger partial charge in [0.05, 0.1) is 18.3 Å². The summed E-state index contributed by atoms with van der Waals surface area (Å²) in [4.78, 5) is 24.1. The van der Waals surface area contributed by atoms with Gasteiger partial charge in [-0.05, 0) is 28.8 Å². The van der Waals surface area contributed by atoms with E-state index >= 15 is 0 Å². The minimum Gasteiger partial charge on any atom is -0.493 e. The molecule has 1 atom stereocenters. The first-order valence-corrected chi connectivity index (χ1v) is 7.58. The Balaban J connectivity index is 3.09. The molecule has 1 heterocycles. The molecule has 0 aliphatic carbocycles. The van der Waals surface area contributed by atoms with E-state index in [1.165, 1.54) is 17.7 Å². The molecule has 1 rings (SSSR count). The predicted octanol–water partition coefficient (Wildman–Crippen LogP) is 3.08. The molecule has 0 fully saturated rings. The van der Waals surface area contributed by atoms with Gasteiger partial charge >= 0.3 is 5.97 Å². The van der Waals surface area contributed by atoms with E-state index in [9.17, 15) is 9.59 Å². The highest BCUT2D eigenvalue weighted by Crippen LogP contribution is 2.22. The third-order valence-electron chi connectivity index (χ3n) is 2.94. The Morgan fingerprint density at radius 3 is 2.76 bits per heavy atom. The van der Waals surface area contributed by atoms with Gasteiger partial charge in [-0.3, -0.25) is 9.36 Å². The maximum absolute atomic E-state index is 12.2. The van der Waals surface area contributed by atoms with E-state index in [-0.39, 0.29) is 5.56 Å². The number of ether oxygens (including phenoxy) is 2. The minimum absolute atomic E-state index is 0.307. The number of esters is 1.